The minimum atomic E-state index is -0.0953. The van der Waals surface area contributed by atoms with Crippen molar-refractivity contribution in [2.45, 2.75) is 25.3 Å². The van der Waals surface area contributed by atoms with Crippen LogP contribution in [-0.2, 0) is 0 Å². The molecule has 0 radical (unpaired) electrons. The molecule has 1 aliphatic heterocycles. The molecular weight excluding hydrogens is 236 g/mol. The van der Waals surface area contributed by atoms with Crippen molar-refractivity contribution in [3.63, 3.8) is 0 Å². The number of amides is 1. The lowest BCUT2D eigenvalue weighted by molar-refractivity contribution is 0.0887. The van der Waals surface area contributed by atoms with Gasteiger partial charge in [-0.2, -0.15) is 0 Å². The summed E-state index contributed by atoms with van der Waals surface area (Å²) in [5, 5.41) is 7.05. The van der Waals surface area contributed by atoms with Gasteiger partial charge in [0.15, 0.2) is 0 Å². The maximum Gasteiger partial charge on any atom is 0.251 e. The standard InChI is InChI=1S/C13H17ClN2O/c1-13(6-8-15-9-7-13)16-12(17)10-2-4-11(14)5-3-10/h2-5,15H,6-9H2,1H3,(H,16,17). The Kier molecular flexibility index (Phi) is 3.69. The van der Waals surface area contributed by atoms with E-state index in [9.17, 15) is 4.79 Å². The molecule has 4 heteroatoms. The number of halogens is 1. The molecule has 92 valence electrons. The van der Waals surface area contributed by atoms with Crippen molar-refractivity contribution in [3.8, 4) is 0 Å². The summed E-state index contributed by atoms with van der Waals surface area (Å²) in [5.41, 5.74) is 0.566. The lowest BCUT2D eigenvalue weighted by atomic mass is 9.90. The topological polar surface area (TPSA) is 41.1 Å². The van der Waals surface area contributed by atoms with Crippen LogP contribution in [0, 0.1) is 0 Å². The van der Waals surface area contributed by atoms with Crippen LogP contribution in [0.5, 0.6) is 0 Å². The molecule has 1 aromatic rings. The first kappa shape index (κ1) is 12.4. The highest BCUT2D eigenvalue weighted by Crippen LogP contribution is 2.18. The summed E-state index contributed by atoms with van der Waals surface area (Å²) in [6.07, 6.45) is 1.93. The van der Waals surface area contributed by atoms with Crippen molar-refractivity contribution in [3.05, 3.63) is 34.9 Å². The molecule has 2 rings (SSSR count). The van der Waals surface area contributed by atoms with Gasteiger partial charge in [0.1, 0.15) is 0 Å². The lowest BCUT2D eigenvalue weighted by Gasteiger charge is -2.35. The van der Waals surface area contributed by atoms with Crippen molar-refractivity contribution in [2.24, 2.45) is 0 Å². The van der Waals surface area contributed by atoms with Gasteiger partial charge in [0, 0.05) is 16.1 Å². The minimum Gasteiger partial charge on any atom is -0.347 e. The highest BCUT2D eigenvalue weighted by Gasteiger charge is 2.28. The van der Waals surface area contributed by atoms with Crippen LogP contribution in [0.1, 0.15) is 30.1 Å². The minimum absolute atomic E-state index is 0.0222. The smallest absolute Gasteiger partial charge is 0.251 e. The van der Waals surface area contributed by atoms with Gasteiger partial charge < -0.3 is 10.6 Å². The molecule has 0 aliphatic carbocycles. The molecule has 1 saturated heterocycles. The van der Waals surface area contributed by atoms with E-state index in [1.807, 2.05) is 0 Å². The Morgan fingerprint density at radius 3 is 2.47 bits per heavy atom. The average molecular weight is 253 g/mol. The maximum absolute atomic E-state index is 12.1. The number of carbonyl (C=O) groups excluding carboxylic acids is 1. The summed E-state index contributed by atoms with van der Waals surface area (Å²) < 4.78 is 0. The van der Waals surface area contributed by atoms with Crippen molar-refractivity contribution < 1.29 is 4.79 Å². The van der Waals surface area contributed by atoms with Crippen LogP contribution in [0.3, 0.4) is 0 Å². The molecule has 0 aromatic heterocycles. The van der Waals surface area contributed by atoms with Gasteiger partial charge >= 0.3 is 0 Å². The van der Waals surface area contributed by atoms with Gasteiger partial charge in [-0.25, -0.2) is 0 Å². The van der Waals surface area contributed by atoms with Crippen LogP contribution in [0.4, 0.5) is 0 Å². The highest BCUT2D eigenvalue weighted by molar-refractivity contribution is 6.30. The molecule has 1 aromatic carbocycles. The zero-order chi connectivity index (χ0) is 12.3. The zero-order valence-electron chi connectivity index (χ0n) is 9.92. The average Bonchev–Trinajstić information content (AvgIpc) is 2.30. The molecule has 1 fully saturated rings. The van der Waals surface area contributed by atoms with E-state index < -0.39 is 0 Å². The predicted octanol–water partition coefficient (Wildman–Crippen LogP) is 2.21. The van der Waals surface area contributed by atoms with E-state index in [4.69, 9.17) is 11.6 Å². The summed E-state index contributed by atoms with van der Waals surface area (Å²) in [6.45, 7) is 4.01. The molecular formula is C13H17ClN2O. The van der Waals surface area contributed by atoms with Gasteiger partial charge in [-0.15, -0.1) is 0 Å². The Hall–Kier alpha value is -1.06. The number of hydrogen-bond acceptors (Lipinski definition) is 2. The molecule has 1 amide bonds. The molecule has 1 heterocycles. The van der Waals surface area contributed by atoms with Crippen molar-refractivity contribution in [1.82, 2.24) is 10.6 Å². The SMILES string of the molecule is CC1(NC(=O)c2ccc(Cl)cc2)CCNCC1. The van der Waals surface area contributed by atoms with Gasteiger partial charge in [0.05, 0.1) is 0 Å². The van der Waals surface area contributed by atoms with E-state index in [1.165, 1.54) is 0 Å². The second kappa shape index (κ2) is 5.07. The largest absolute Gasteiger partial charge is 0.347 e. The zero-order valence-corrected chi connectivity index (χ0v) is 10.7. The lowest BCUT2D eigenvalue weighted by Crippen LogP contribution is -2.52. The van der Waals surface area contributed by atoms with E-state index >= 15 is 0 Å². The first-order valence-electron chi connectivity index (χ1n) is 5.88. The molecule has 3 nitrogen and oxygen atoms in total. The third-order valence-corrected chi connectivity index (χ3v) is 3.48. The van der Waals surface area contributed by atoms with Gasteiger partial charge in [-0.05, 0) is 57.1 Å². The molecule has 0 atom stereocenters. The molecule has 0 bridgehead atoms. The second-order valence-corrected chi connectivity index (χ2v) is 5.21. The summed E-state index contributed by atoms with van der Waals surface area (Å²) in [7, 11) is 0. The van der Waals surface area contributed by atoms with Crippen molar-refractivity contribution in [1.29, 1.82) is 0 Å². The van der Waals surface area contributed by atoms with Gasteiger partial charge in [0.2, 0.25) is 0 Å². The first-order chi connectivity index (χ1) is 8.09. The van der Waals surface area contributed by atoms with Gasteiger partial charge in [-0.3, -0.25) is 4.79 Å². The summed E-state index contributed by atoms with van der Waals surface area (Å²) in [6, 6.07) is 6.98. The molecule has 0 spiro atoms. The Morgan fingerprint density at radius 2 is 1.88 bits per heavy atom. The van der Waals surface area contributed by atoms with E-state index in [0.29, 0.717) is 10.6 Å². The van der Waals surface area contributed by atoms with Gasteiger partial charge in [-0.1, -0.05) is 11.6 Å². The Labute approximate surface area is 107 Å². The molecule has 2 N–H and O–H groups in total. The summed E-state index contributed by atoms with van der Waals surface area (Å²) >= 11 is 5.80. The Morgan fingerprint density at radius 1 is 1.29 bits per heavy atom. The van der Waals surface area contributed by atoms with Crippen molar-refractivity contribution in [2.75, 3.05) is 13.1 Å². The van der Waals surface area contributed by atoms with Crippen LogP contribution in [0.25, 0.3) is 0 Å². The highest BCUT2D eigenvalue weighted by atomic mass is 35.5. The maximum atomic E-state index is 12.1. The first-order valence-corrected chi connectivity index (χ1v) is 6.26. The third kappa shape index (κ3) is 3.20. The number of piperidine rings is 1. The Bertz CT molecular complexity index is 396. The van der Waals surface area contributed by atoms with Crippen LogP contribution < -0.4 is 10.6 Å². The number of hydrogen-bond donors (Lipinski definition) is 2. The van der Waals surface area contributed by atoms with Crippen LogP contribution in [-0.4, -0.2) is 24.5 Å². The fraction of sp³-hybridized carbons (Fsp3) is 0.462. The number of carbonyl (C=O) groups is 1. The number of nitrogens with one attached hydrogen (secondary N) is 2. The van der Waals surface area contributed by atoms with E-state index in [0.717, 1.165) is 25.9 Å². The van der Waals surface area contributed by atoms with E-state index in [-0.39, 0.29) is 11.4 Å². The number of rotatable bonds is 2. The van der Waals surface area contributed by atoms with Crippen LogP contribution >= 0.6 is 11.6 Å². The van der Waals surface area contributed by atoms with E-state index in [1.54, 1.807) is 24.3 Å². The molecule has 0 unspecified atom stereocenters. The summed E-state index contributed by atoms with van der Waals surface area (Å²) in [5.74, 6) is -0.0222. The monoisotopic (exact) mass is 252 g/mol. The predicted molar refractivity (Wildman–Crippen MR) is 69.4 cm³/mol. The van der Waals surface area contributed by atoms with Gasteiger partial charge in [0.25, 0.3) is 5.91 Å². The molecule has 0 saturated carbocycles. The molecule has 17 heavy (non-hydrogen) atoms. The third-order valence-electron chi connectivity index (χ3n) is 3.23. The summed E-state index contributed by atoms with van der Waals surface area (Å²) in [4.78, 5) is 12.1. The normalized spacial score (nSPS) is 18.7. The van der Waals surface area contributed by atoms with Crippen molar-refractivity contribution >= 4 is 17.5 Å². The number of benzene rings is 1. The van der Waals surface area contributed by atoms with Crippen LogP contribution in [0.15, 0.2) is 24.3 Å². The molecule has 1 aliphatic rings. The quantitative estimate of drug-likeness (QED) is 0.847. The Balaban J connectivity index is 2.03. The van der Waals surface area contributed by atoms with E-state index in [2.05, 4.69) is 17.6 Å². The second-order valence-electron chi connectivity index (χ2n) is 4.77. The van der Waals surface area contributed by atoms with Crippen LogP contribution in [0.2, 0.25) is 5.02 Å². The fourth-order valence-corrected chi connectivity index (χ4v) is 2.18. The fourth-order valence-electron chi connectivity index (χ4n) is 2.05.